The first-order valence-corrected chi connectivity index (χ1v) is 9.66. The lowest BCUT2D eigenvalue weighted by Crippen LogP contribution is -2.30. The molecule has 4 aromatic rings. The van der Waals surface area contributed by atoms with E-state index < -0.39 is 23.0 Å². The summed E-state index contributed by atoms with van der Waals surface area (Å²) in [5, 5.41) is 19.8. The number of halogens is 3. The molecule has 0 spiro atoms. The summed E-state index contributed by atoms with van der Waals surface area (Å²) in [6, 6.07) is 7.46. The van der Waals surface area contributed by atoms with Gasteiger partial charge in [-0.1, -0.05) is 17.7 Å². The molecule has 0 fully saturated rings. The predicted octanol–water partition coefficient (Wildman–Crippen LogP) is 5.40. The highest BCUT2D eigenvalue weighted by atomic mass is 35.5. The maximum atomic E-state index is 14.2. The molecule has 2 aromatic carbocycles. The van der Waals surface area contributed by atoms with Crippen molar-refractivity contribution in [3.05, 3.63) is 59.0 Å². The van der Waals surface area contributed by atoms with Crippen molar-refractivity contribution in [2.24, 2.45) is 0 Å². The summed E-state index contributed by atoms with van der Waals surface area (Å²) in [5.74, 6) is -1.24. The average Bonchev–Trinajstić information content (AvgIpc) is 3.28. The lowest BCUT2D eigenvalue weighted by Gasteiger charge is -2.26. The molecule has 0 aliphatic carbocycles. The molecule has 156 valence electrons. The van der Waals surface area contributed by atoms with Crippen LogP contribution in [0.4, 0.5) is 8.78 Å². The van der Waals surface area contributed by atoms with Crippen LogP contribution in [0.25, 0.3) is 22.2 Å². The Hall–Kier alpha value is -3.13. The minimum Gasteiger partial charge on any atom is -0.494 e. The van der Waals surface area contributed by atoms with Gasteiger partial charge >= 0.3 is 0 Å². The molecule has 2 heterocycles. The first kappa shape index (κ1) is 20.2. The SMILES string of the molecule is CCn1c(-c2ccc3c(O)[nH]cc3c2)nnc1C(C)(C)Oc1c(F)cc(Cl)cc1F. The van der Waals surface area contributed by atoms with Gasteiger partial charge in [0.2, 0.25) is 0 Å². The predicted molar refractivity (Wildman–Crippen MR) is 110 cm³/mol. The van der Waals surface area contributed by atoms with Gasteiger partial charge in [-0.3, -0.25) is 0 Å². The number of H-pyrrole nitrogens is 1. The largest absolute Gasteiger partial charge is 0.494 e. The van der Waals surface area contributed by atoms with E-state index in [2.05, 4.69) is 15.2 Å². The first-order chi connectivity index (χ1) is 14.2. The number of aromatic hydroxyl groups is 1. The summed E-state index contributed by atoms with van der Waals surface area (Å²) in [6.45, 7) is 5.74. The zero-order valence-electron chi connectivity index (χ0n) is 16.5. The molecule has 0 saturated heterocycles. The van der Waals surface area contributed by atoms with Crippen LogP contribution in [0.5, 0.6) is 11.6 Å². The summed E-state index contributed by atoms with van der Waals surface area (Å²) < 4.78 is 36.0. The number of nitrogens with zero attached hydrogens (tertiary/aromatic N) is 3. The van der Waals surface area contributed by atoms with E-state index in [1.54, 1.807) is 26.1 Å². The van der Waals surface area contributed by atoms with Crippen molar-refractivity contribution in [1.82, 2.24) is 19.7 Å². The summed E-state index contributed by atoms with van der Waals surface area (Å²) in [5.41, 5.74) is -0.408. The Kier molecular flexibility index (Phi) is 4.89. The quantitative estimate of drug-likeness (QED) is 0.443. The van der Waals surface area contributed by atoms with E-state index in [0.29, 0.717) is 23.6 Å². The maximum absolute atomic E-state index is 14.2. The molecule has 0 aliphatic rings. The molecule has 0 amide bonds. The highest BCUT2D eigenvalue weighted by Gasteiger charge is 2.33. The zero-order chi connectivity index (χ0) is 21.6. The molecule has 0 saturated carbocycles. The number of aromatic nitrogens is 4. The molecule has 6 nitrogen and oxygen atoms in total. The third-order valence-electron chi connectivity index (χ3n) is 4.86. The van der Waals surface area contributed by atoms with Crippen LogP contribution >= 0.6 is 11.6 Å². The molecule has 0 aliphatic heterocycles. The molecule has 9 heteroatoms. The maximum Gasteiger partial charge on any atom is 0.196 e. The fourth-order valence-corrected chi connectivity index (χ4v) is 3.64. The van der Waals surface area contributed by atoms with E-state index in [9.17, 15) is 13.9 Å². The van der Waals surface area contributed by atoms with Crippen molar-refractivity contribution in [3.8, 4) is 23.0 Å². The van der Waals surface area contributed by atoms with Crippen LogP contribution in [0, 0.1) is 11.6 Å². The minimum absolute atomic E-state index is 0.0552. The second kappa shape index (κ2) is 7.28. The van der Waals surface area contributed by atoms with Crippen molar-refractivity contribution < 1.29 is 18.6 Å². The van der Waals surface area contributed by atoms with E-state index in [4.69, 9.17) is 16.3 Å². The summed E-state index contributed by atoms with van der Waals surface area (Å²) >= 11 is 5.69. The van der Waals surface area contributed by atoms with E-state index in [1.807, 2.05) is 23.6 Å². The Morgan fingerprint density at radius 2 is 1.87 bits per heavy atom. The number of benzene rings is 2. The van der Waals surface area contributed by atoms with Gasteiger partial charge in [0.15, 0.2) is 40.5 Å². The monoisotopic (exact) mass is 432 g/mol. The zero-order valence-corrected chi connectivity index (χ0v) is 17.3. The fraction of sp³-hybridized carbons (Fsp3) is 0.238. The van der Waals surface area contributed by atoms with Crippen molar-refractivity contribution in [1.29, 1.82) is 0 Å². The molecule has 0 radical (unpaired) electrons. The van der Waals surface area contributed by atoms with Crippen LogP contribution in [-0.2, 0) is 12.1 Å². The molecular formula is C21H19ClF2N4O2. The van der Waals surface area contributed by atoms with Gasteiger partial charge < -0.3 is 19.4 Å². The van der Waals surface area contributed by atoms with Gasteiger partial charge in [0.25, 0.3) is 0 Å². The Morgan fingerprint density at radius 1 is 1.17 bits per heavy atom. The number of hydrogen-bond donors (Lipinski definition) is 2. The number of aromatic amines is 1. The molecular weight excluding hydrogens is 414 g/mol. The van der Waals surface area contributed by atoms with Gasteiger partial charge in [0.05, 0.1) is 0 Å². The number of rotatable bonds is 5. The second-order valence-corrected chi connectivity index (χ2v) is 7.78. The standard InChI is InChI=1S/C21H19ClF2N4O2/c1-4-28-18(11-5-6-14-12(7-11)10-25-19(14)29)26-27-20(28)21(2,3)30-17-15(23)8-13(22)9-16(17)24/h5-10,25,29H,4H2,1-3H3. The third-order valence-corrected chi connectivity index (χ3v) is 5.07. The third kappa shape index (κ3) is 3.37. The summed E-state index contributed by atoms with van der Waals surface area (Å²) in [4.78, 5) is 2.77. The summed E-state index contributed by atoms with van der Waals surface area (Å²) in [6.07, 6.45) is 1.70. The number of hydrogen-bond acceptors (Lipinski definition) is 4. The summed E-state index contributed by atoms with van der Waals surface area (Å²) in [7, 11) is 0. The number of ether oxygens (including phenoxy) is 1. The van der Waals surface area contributed by atoms with Crippen LogP contribution < -0.4 is 4.74 Å². The molecule has 4 rings (SSSR count). The van der Waals surface area contributed by atoms with Crippen LogP contribution in [0.2, 0.25) is 5.02 Å². The highest BCUT2D eigenvalue weighted by molar-refractivity contribution is 6.30. The lowest BCUT2D eigenvalue weighted by molar-refractivity contribution is 0.0827. The van der Waals surface area contributed by atoms with Crippen LogP contribution in [0.1, 0.15) is 26.6 Å². The minimum atomic E-state index is -1.19. The van der Waals surface area contributed by atoms with Crippen molar-refractivity contribution in [2.75, 3.05) is 0 Å². The van der Waals surface area contributed by atoms with E-state index in [1.165, 1.54) is 0 Å². The van der Waals surface area contributed by atoms with Gasteiger partial charge in [-0.2, -0.15) is 0 Å². The van der Waals surface area contributed by atoms with Crippen molar-refractivity contribution >= 4 is 22.4 Å². The lowest BCUT2D eigenvalue weighted by atomic mass is 10.1. The van der Waals surface area contributed by atoms with E-state index >= 15 is 0 Å². The van der Waals surface area contributed by atoms with Crippen LogP contribution in [0.15, 0.2) is 36.5 Å². The Bertz CT molecular complexity index is 1230. The molecule has 0 unspecified atom stereocenters. The number of nitrogens with one attached hydrogen (secondary N) is 1. The van der Waals surface area contributed by atoms with Gasteiger partial charge in [-0.15, -0.1) is 10.2 Å². The van der Waals surface area contributed by atoms with Crippen LogP contribution in [0.3, 0.4) is 0 Å². The van der Waals surface area contributed by atoms with Crippen LogP contribution in [-0.4, -0.2) is 24.9 Å². The number of fused-ring (bicyclic) bond motifs is 1. The molecule has 2 aromatic heterocycles. The molecule has 0 bridgehead atoms. The van der Waals surface area contributed by atoms with Crippen molar-refractivity contribution in [2.45, 2.75) is 32.9 Å². The van der Waals surface area contributed by atoms with E-state index in [0.717, 1.165) is 23.1 Å². The van der Waals surface area contributed by atoms with Gasteiger partial charge in [-0.05, 0) is 45.0 Å². The van der Waals surface area contributed by atoms with Gasteiger partial charge in [-0.25, -0.2) is 8.78 Å². The average molecular weight is 433 g/mol. The molecule has 0 atom stereocenters. The van der Waals surface area contributed by atoms with E-state index in [-0.39, 0.29) is 10.9 Å². The Balaban J connectivity index is 1.75. The highest BCUT2D eigenvalue weighted by Crippen LogP contribution is 2.34. The van der Waals surface area contributed by atoms with Crippen molar-refractivity contribution in [3.63, 3.8) is 0 Å². The first-order valence-electron chi connectivity index (χ1n) is 9.29. The molecule has 30 heavy (non-hydrogen) atoms. The normalized spacial score (nSPS) is 11.9. The molecule has 2 N–H and O–H groups in total. The van der Waals surface area contributed by atoms with Gasteiger partial charge in [0, 0.05) is 34.1 Å². The Morgan fingerprint density at radius 3 is 2.53 bits per heavy atom. The smallest absolute Gasteiger partial charge is 0.196 e. The Labute approximate surface area is 176 Å². The van der Waals surface area contributed by atoms with Gasteiger partial charge in [0.1, 0.15) is 0 Å². The topological polar surface area (TPSA) is 76.0 Å². The second-order valence-electron chi connectivity index (χ2n) is 7.34. The fourth-order valence-electron chi connectivity index (χ4n) is 3.45.